The molecule has 30 heavy (non-hydrogen) atoms. The van der Waals surface area contributed by atoms with Gasteiger partial charge < -0.3 is 25.3 Å². The van der Waals surface area contributed by atoms with E-state index in [9.17, 15) is 14.4 Å². The topological polar surface area (TPSA) is 138 Å². The van der Waals surface area contributed by atoms with Crippen LogP contribution < -0.4 is 22.3 Å². The first-order valence-electron chi connectivity index (χ1n) is 10.2. The Labute approximate surface area is 175 Å². The third-order valence-corrected chi connectivity index (χ3v) is 4.96. The summed E-state index contributed by atoms with van der Waals surface area (Å²) in [5.41, 5.74) is 4.47. The molecule has 0 bridgehead atoms. The lowest BCUT2D eigenvalue weighted by atomic mass is 10.2. The normalized spacial score (nSPS) is 21.4. The van der Waals surface area contributed by atoms with Gasteiger partial charge in [0.25, 0.3) is 5.56 Å². The average molecular weight is 424 g/mol. The summed E-state index contributed by atoms with van der Waals surface area (Å²) in [5.74, 6) is -0.303. The van der Waals surface area contributed by atoms with Crippen molar-refractivity contribution in [3.63, 3.8) is 0 Å². The molecule has 0 saturated carbocycles. The molecule has 0 spiro atoms. The number of ether oxygens (including phenoxy) is 3. The first-order valence-corrected chi connectivity index (χ1v) is 10.2. The zero-order valence-corrected chi connectivity index (χ0v) is 17.6. The van der Waals surface area contributed by atoms with Gasteiger partial charge in [-0.05, 0) is 25.5 Å². The molecule has 0 aromatic carbocycles. The molecule has 2 rings (SSSR count). The van der Waals surface area contributed by atoms with E-state index in [1.165, 1.54) is 22.9 Å². The van der Waals surface area contributed by atoms with E-state index in [1.54, 1.807) is 14.2 Å². The third-order valence-electron chi connectivity index (χ3n) is 4.96. The minimum Gasteiger partial charge on any atom is -0.382 e. The van der Waals surface area contributed by atoms with Crippen LogP contribution in [0, 0.1) is 0 Å². The smallest absolute Gasteiger partial charge is 0.330 e. The van der Waals surface area contributed by atoms with E-state index in [4.69, 9.17) is 19.9 Å². The van der Waals surface area contributed by atoms with Crippen LogP contribution in [0.1, 0.15) is 43.9 Å². The van der Waals surface area contributed by atoms with Crippen molar-refractivity contribution in [1.29, 1.82) is 0 Å². The molecular formula is C20H32N4O6. The number of aromatic amines is 1. The quantitative estimate of drug-likeness (QED) is 0.320. The molecule has 1 saturated heterocycles. The Balaban J connectivity index is 2.01. The molecule has 2 heterocycles. The van der Waals surface area contributed by atoms with Crippen molar-refractivity contribution in [1.82, 2.24) is 14.9 Å². The van der Waals surface area contributed by atoms with Crippen LogP contribution in [-0.4, -0.2) is 61.6 Å². The van der Waals surface area contributed by atoms with Gasteiger partial charge in [0.1, 0.15) is 12.3 Å². The highest BCUT2D eigenvalue weighted by Gasteiger charge is 2.36. The predicted molar refractivity (Wildman–Crippen MR) is 112 cm³/mol. The number of nitrogens with zero attached hydrogens (tertiary/aromatic N) is 1. The van der Waals surface area contributed by atoms with Gasteiger partial charge in [-0.3, -0.25) is 19.1 Å². The summed E-state index contributed by atoms with van der Waals surface area (Å²) in [6.07, 6.45) is 7.22. The molecule has 1 aliphatic rings. The molecule has 1 aromatic heterocycles. The number of amides is 1. The van der Waals surface area contributed by atoms with E-state index in [1.807, 2.05) is 0 Å². The SMILES string of the molecule is COC[C@H]1O[C@@H](n2cc(/C=C/C(=O)NCCCCCCN)c(=O)[nH]c2=O)C[C@H]1OC. The monoisotopic (exact) mass is 424 g/mol. The molecule has 1 fully saturated rings. The van der Waals surface area contributed by atoms with E-state index in [2.05, 4.69) is 10.3 Å². The zero-order valence-electron chi connectivity index (χ0n) is 17.6. The van der Waals surface area contributed by atoms with E-state index in [0.29, 0.717) is 26.1 Å². The molecular weight excluding hydrogens is 392 g/mol. The summed E-state index contributed by atoms with van der Waals surface area (Å²) >= 11 is 0. The van der Waals surface area contributed by atoms with Crippen LogP contribution in [0.4, 0.5) is 0 Å². The first kappa shape index (κ1) is 24.0. The second-order valence-corrected chi connectivity index (χ2v) is 7.17. The van der Waals surface area contributed by atoms with Gasteiger partial charge in [0.2, 0.25) is 5.91 Å². The lowest BCUT2D eigenvalue weighted by molar-refractivity contribution is -0.116. The molecule has 168 valence electrons. The minimum absolute atomic E-state index is 0.181. The second-order valence-electron chi connectivity index (χ2n) is 7.17. The van der Waals surface area contributed by atoms with Gasteiger partial charge in [-0.15, -0.1) is 0 Å². The maximum absolute atomic E-state index is 12.3. The minimum atomic E-state index is -0.603. The third kappa shape index (κ3) is 6.91. The molecule has 0 aliphatic carbocycles. The average Bonchev–Trinajstić information content (AvgIpc) is 3.13. The number of nitrogens with two attached hydrogens (primary N) is 1. The Hall–Kier alpha value is -2.27. The van der Waals surface area contributed by atoms with Gasteiger partial charge in [-0.2, -0.15) is 0 Å². The first-order chi connectivity index (χ1) is 14.5. The van der Waals surface area contributed by atoms with E-state index in [0.717, 1.165) is 25.7 Å². The summed E-state index contributed by atoms with van der Waals surface area (Å²) in [6.45, 7) is 1.56. The number of unbranched alkanes of at least 4 members (excludes halogenated alkanes) is 3. The van der Waals surface area contributed by atoms with Gasteiger partial charge in [0.15, 0.2) is 0 Å². The fourth-order valence-electron chi connectivity index (χ4n) is 3.33. The van der Waals surface area contributed by atoms with Gasteiger partial charge >= 0.3 is 5.69 Å². The summed E-state index contributed by atoms with van der Waals surface area (Å²) in [4.78, 5) is 38.6. The molecule has 0 unspecified atom stereocenters. The summed E-state index contributed by atoms with van der Waals surface area (Å²) in [7, 11) is 3.13. The zero-order chi connectivity index (χ0) is 21.9. The van der Waals surface area contributed by atoms with Crippen LogP contribution in [0.15, 0.2) is 21.9 Å². The van der Waals surface area contributed by atoms with Crippen molar-refractivity contribution in [3.8, 4) is 0 Å². The van der Waals surface area contributed by atoms with Crippen molar-refractivity contribution in [2.24, 2.45) is 5.73 Å². The fraction of sp³-hybridized carbons (Fsp3) is 0.650. The van der Waals surface area contributed by atoms with Crippen LogP contribution in [0.25, 0.3) is 6.08 Å². The standard InChI is InChI=1S/C20H32N4O6/c1-28-13-16-15(29-2)11-18(30-16)24-12-14(19(26)23-20(24)27)7-8-17(25)22-10-6-4-3-5-9-21/h7-8,12,15-16,18H,3-6,9-11,13,21H2,1-2H3,(H,22,25)(H,23,26,27)/b8-7+/t15-,16-,18-/m1/s1. The molecule has 4 N–H and O–H groups in total. The Morgan fingerprint density at radius 1 is 1.33 bits per heavy atom. The van der Waals surface area contributed by atoms with E-state index in [-0.39, 0.29) is 23.7 Å². The number of carbonyl (C=O) groups is 1. The highest BCUT2D eigenvalue weighted by molar-refractivity contribution is 5.91. The molecule has 10 heteroatoms. The number of aromatic nitrogens is 2. The van der Waals surface area contributed by atoms with Crippen LogP contribution >= 0.6 is 0 Å². The molecule has 1 amide bonds. The van der Waals surface area contributed by atoms with Gasteiger partial charge in [-0.25, -0.2) is 4.79 Å². The lowest BCUT2D eigenvalue weighted by Crippen LogP contribution is -2.33. The number of hydrogen-bond donors (Lipinski definition) is 3. The Morgan fingerprint density at radius 3 is 2.80 bits per heavy atom. The van der Waals surface area contributed by atoms with Crippen LogP contribution in [0.2, 0.25) is 0 Å². The number of rotatable bonds is 12. The van der Waals surface area contributed by atoms with Gasteiger partial charge in [-0.1, -0.05) is 12.8 Å². The largest absolute Gasteiger partial charge is 0.382 e. The molecule has 1 aliphatic heterocycles. The Morgan fingerprint density at radius 2 is 2.10 bits per heavy atom. The summed E-state index contributed by atoms with van der Waals surface area (Å²) < 4.78 is 17.7. The Kier molecular flexibility index (Phi) is 9.95. The van der Waals surface area contributed by atoms with Crippen molar-refractivity contribution in [2.75, 3.05) is 33.9 Å². The number of carbonyl (C=O) groups excluding carboxylic acids is 1. The van der Waals surface area contributed by atoms with Crippen molar-refractivity contribution < 1.29 is 19.0 Å². The van der Waals surface area contributed by atoms with Gasteiger partial charge in [0, 0.05) is 39.5 Å². The summed E-state index contributed by atoms with van der Waals surface area (Å²) in [6, 6.07) is 0. The molecule has 0 radical (unpaired) electrons. The number of hydrogen-bond acceptors (Lipinski definition) is 7. The van der Waals surface area contributed by atoms with Crippen molar-refractivity contribution in [2.45, 2.75) is 50.5 Å². The van der Waals surface area contributed by atoms with Crippen LogP contribution in [-0.2, 0) is 19.0 Å². The van der Waals surface area contributed by atoms with E-state index >= 15 is 0 Å². The predicted octanol–water partition coefficient (Wildman–Crippen LogP) is 0.134. The number of nitrogens with one attached hydrogen (secondary N) is 2. The maximum Gasteiger partial charge on any atom is 0.330 e. The number of H-pyrrole nitrogens is 1. The fourth-order valence-corrected chi connectivity index (χ4v) is 3.33. The highest BCUT2D eigenvalue weighted by atomic mass is 16.6. The number of methoxy groups -OCH3 is 2. The van der Waals surface area contributed by atoms with E-state index < -0.39 is 17.5 Å². The molecule has 10 nitrogen and oxygen atoms in total. The van der Waals surface area contributed by atoms with Crippen LogP contribution in [0.5, 0.6) is 0 Å². The Bertz CT molecular complexity index is 818. The van der Waals surface area contributed by atoms with Crippen molar-refractivity contribution >= 4 is 12.0 Å². The van der Waals surface area contributed by atoms with Crippen molar-refractivity contribution in [3.05, 3.63) is 38.7 Å². The van der Waals surface area contributed by atoms with Crippen LogP contribution in [0.3, 0.4) is 0 Å². The lowest BCUT2D eigenvalue weighted by Gasteiger charge is -2.16. The summed E-state index contributed by atoms with van der Waals surface area (Å²) in [5, 5.41) is 2.77. The maximum atomic E-state index is 12.3. The molecule has 3 atom stereocenters. The molecule has 1 aromatic rings. The second kappa shape index (κ2) is 12.4. The van der Waals surface area contributed by atoms with Gasteiger partial charge in [0.05, 0.1) is 18.3 Å². The highest BCUT2D eigenvalue weighted by Crippen LogP contribution is 2.29.